The maximum atomic E-state index is 13.2. The largest absolute Gasteiger partial charge is 0.486 e. The summed E-state index contributed by atoms with van der Waals surface area (Å²) in [6, 6.07) is 7.95. The molecule has 0 spiro atoms. The Morgan fingerprint density at radius 1 is 1.25 bits per heavy atom. The number of aryl methyl sites for hydroxylation is 1. The summed E-state index contributed by atoms with van der Waals surface area (Å²) in [5.41, 5.74) is 3.46. The summed E-state index contributed by atoms with van der Waals surface area (Å²) in [5.74, 6) is 0.865. The molecule has 0 radical (unpaired) electrons. The molecular formula is C19H23N3O2. The highest BCUT2D eigenvalue weighted by atomic mass is 16.5. The Labute approximate surface area is 142 Å². The van der Waals surface area contributed by atoms with E-state index in [0.717, 1.165) is 41.8 Å². The fourth-order valence-electron chi connectivity index (χ4n) is 3.74. The first kappa shape index (κ1) is 15.2. The number of nitrogens with zero attached hydrogens (tertiary/aromatic N) is 2. The first-order chi connectivity index (χ1) is 11.5. The number of nitrogens with one attached hydrogen (secondary N) is 1. The Morgan fingerprint density at radius 3 is 2.92 bits per heavy atom. The van der Waals surface area contributed by atoms with Gasteiger partial charge in [0.05, 0.1) is 6.54 Å². The number of ether oxygens (including phenoxy) is 1. The Balaban J connectivity index is 1.68. The molecule has 1 N–H and O–H groups in total. The zero-order chi connectivity index (χ0) is 16.7. The van der Waals surface area contributed by atoms with Crippen LogP contribution in [-0.2, 0) is 19.4 Å². The molecule has 1 aromatic heterocycles. The number of rotatable bonds is 1. The smallest absolute Gasteiger partial charge is 0.275 e. The molecular weight excluding hydrogens is 302 g/mol. The number of aromatic amines is 1. The van der Waals surface area contributed by atoms with E-state index in [-0.39, 0.29) is 5.91 Å². The second kappa shape index (κ2) is 5.65. The zero-order valence-corrected chi connectivity index (χ0v) is 14.3. The van der Waals surface area contributed by atoms with Crippen LogP contribution in [0.4, 0.5) is 0 Å². The first-order valence-electron chi connectivity index (χ1n) is 8.66. The molecule has 0 bridgehead atoms. The van der Waals surface area contributed by atoms with Crippen molar-refractivity contribution in [1.29, 1.82) is 0 Å². The molecule has 5 nitrogen and oxygen atoms in total. The van der Waals surface area contributed by atoms with Gasteiger partial charge in [-0.1, -0.05) is 18.2 Å². The minimum absolute atomic E-state index is 0.00257. The van der Waals surface area contributed by atoms with Gasteiger partial charge in [0.1, 0.15) is 11.4 Å². The van der Waals surface area contributed by atoms with E-state index in [9.17, 15) is 4.79 Å². The molecule has 4 rings (SSSR count). The fraction of sp³-hybridized carbons (Fsp3) is 0.474. The van der Waals surface area contributed by atoms with Gasteiger partial charge in [-0.3, -0.25) is 9.89 Å². The minimum atomic E-state index is -0.432. The normalized spacial score (nSPS) is 19.0. The average Bonchev–Trinajstić information content (AvgIpc) is 2.92. The van der Waals surface area contributed by atoms with Crippen molar-refractivity contribution in [3.8, 4) is 5.75 Å². The number of benzene rings is 1. The van der Waals surface area contributed by atoms with Crippen molar-refractivity contribution in [1.82, 2.24) is 15.1 Å². The van der Waals surface area contributed by atoms with Crippen molar-refractivity contribution in [2.45, 2.75) is 51.7 Å². The molecule has 1 aromatic carbocycles. The Kier molecular flexibility index (Phi) is 3.59. The number of H-pyrrole nitrogens is 1. The Morgan fingerprint density at radius 2 is 2.04 bits per heavy atom. The third-order valence-electron chi connectivity index (χ3n) is 4.84. The lowest BCUT2D eigenvalue weighted by atomic mass is 9.95. The van der Waals surface area contributed by atoms with Gasteiger partial charge in [-0.25, -0.2) is 0 Å². The van der Waals surface area contributed by atoms with Crippen molar-refractivity contribution in [3.63, 3.8) is 0 Å². The lowest BCUT2D eigenvalue weighted by Gasteiger charge is -2.29. The van der Waals surface area contributed by atoms with Gasteiger partial charge in [0, 0.05) is 23.4 Å². The molecule has 0 fully saturated rings. The van der Waals surface area contributed by atoms with Crippen LogP contribution in [0.25, 0.3) is 0 Å². The van der Waals surface area contributed by atoms with Crippen LogP contribution in [0.15, 0.2) is 24.3 Å². The van der Waals surface area contributed by atoms with Crippen molar-refractivity contribution in [2.75, 3.05) is 6.54 Å². The third-order valence-corrected chi connectivity index (χ3v) is 4.84. The summed E-state index contributed by atoms with van der Waals surface area (Å²) in [6.07, 6.45) is 4.23. The highest BCUT2D eigenvalue weighted by Crippen LogP contribution is 2.31. The first-order valence-corrected chi connectivity index (χ1v) is 8.66. The highest BCUT2D eigenvalue weighted by molar-refractivity contribution is 5.94. The van der Waals surface area contributed by atoms with E-state index in [4.69, 9.17) is 4.74 Å². The predicted molar refractivity (Wildman–Crippen MR) is 91.1 cm³/mol. The molecule has 126 valence electrons. The molecule has 1 amide bonds. The van der Waals surface area contributed by atoms with E-state index >= 15 is 0 Å². The van der Waals surface area contributed by atoms with Crippen molar-refractivity contribution >= 4 is 5.91 Å². The topological polar surface area (TPSA) is 58.2 Å². The second-order valence-electron chi connectivity index (χ2n) is 7.37. The van der Waals surface area contributed by atoms with E-state index in [1.165, 1.54) is 6.42 Å². The van der Waals surface area contributed by atoms with E-state index in [1.54, 1.807) is 0 Å². The van der Waals surface area contributed by atoms with E-state index < -0.39 is 5.60 Å². The molecule has 0 saturated carbocycles. The molecule has 0 unspecified atom stereocenters. The van der Waals surface area contributed by atoms with Crippen molar-refractivity contribution < 1.29 is 9.53 Å². The number of fused-ring (bicyclic) bond motifs is 2. The molecule has 0 atom stereocenters. The molecule has 2 aliphatic rings. The second-order valence-corrected chi connectivity index (χ2v) is 7.37. The number of aromatic nitrogens is 2. The number of hydrogen-bond donors (Lipinski definition) is 1. The van der Waals surface area contributed by atoms with Gasteiger partial charge in [-0.2, -0.15) is 5.10 Å². The van der Waals surface area contributed by atoms with Crippen LogP contribution in [-0.4, -0.2) is 33.2 Å². The molecule has 1 aliphatic carbocycles. The van der Waals surface area contributed by atoms with Gasteiger partial charge in [0.25, 0.3) is 5.91 Å². The van der Waals surface area contributed by atoms with Gasteiger partial charge in [-0.15, -0.1) is 0 Å². The maximum absolute atomic E-state index is 13.2. The molecule has 1 aliphatic heterocycles. The van der Waals surface area contributed by atoms with E-state index in [1.807, 2.05) is 43.0 Å². The lowest BCUT2D eigenvalue weighted by Crippen LogP contribution is -2.43. The van der Waals surface area contributed by atoms with Crippen LogP contribution in [0, 0.1) is 0 Å². The van der Waals surface area contributed by atoms with Crippen LogP contribution in [0.1, 0.15) is 54.0 Å². The summed E-state index contributed by atoms with van der Waals surface area (Å²) in [6.45, 7) is 5.15. The maximum Gasteiger partial charge on any atom is 0.275 e. The van der Waals surface area contributed by atoms with Gasteiger partial charge < -0.3 is 9.64 Å². The predicted octanol–water partition coefficient (Wildman–Crippen LogP) is 3.10. The van der Waals surface area contributed by atoms with E-state index in [2.05, 4.69) is 10.2 Å². The van der Waals surface area contributed by atoms with E-state index in [0.29, 0.717) is 18.8 Å². The number of carbonyl (C=O) groups is 1. The summed E-state index contributed by atoms with van der Waals surface area (Å²) >= 11 is 0. The standard InChI is InChI=1S/C19H23N3O2/c1-19(2)12-22(11-13-7-3-6-10-16(13)24-19)18(23)17-14-8-4-5-9-15(14)20-21-17/h3,6-7,10H,4-5,8-9,11-12H2,1-2H3,(H,20,21). The minimum Gasteiger partial charge on any atom is -0.486 e. The molecule has 24 heavy (non-hydrogen) atoms. The molecule has 2 heterocycles. The summed E-state index contributed by atoms with van der Waals surface area (Å²) in [5, 5.41) is 7.42. The molecule has 5 heteroatoms. The van der Waals surface area contributed by atoms with Crippen LogP contribution >= 0.6 is 0 Å². The van der Waals surface area contributed by atoms with Crippen LogP contribution in [0.2, 0.25) is 0 Å². The number of hydrogen-bond acceptors (Lipinski definition) is 3. The SMILES string of the molecule is CC1(C)CN(C(=O)c2n[nH]c3c2CCCC3)Cc2ccccc2O1. The van der Waals surface area contributed by atoms with Gasteiger partial charge in [-0.05, 0) is 45.6 Å². The Hall–Kier alpha value is -2.30. The summed E-state index contributed by atoms with van der Waals surface area (Å²) in [7, 11) is 0. The molecule has 0 saturated heterocycles. The van der Waals surface area contributed by atoms with Gasteiger partial charge in [0.2, 0.25) is 0 Å². The number of para-hydroxylation sites is 1. The number of carbonyl (C=O) groups excluding carboxylic acids is 1. The highest BCUT2D eigenvalue weighted by Gasteiger charge is 2.34. The zero-order valence-electron chi connectivity index (χ0n) is 14.3. The fourth-order valence-corrected chi connectivity index (χ4v) is 3.74. The molecule has 2 aromatic rings. The number of amides is 1. The summed E-state index contributed by atoms with van der Waals surface area (Å²) < 4.78 is 6.13. The summed E-state index contributed by atoms with van der Waals surface area (Å²) in [4.78, 5) is 15.0. The van der Waals surface area contributed by atoms with Crippen LogP contribution < -0.4 is 4.74 Å². The third kappa shape index (κ3) is 2.68. The average molecular weight is 325 g/mol. The van der Waals surface area contributed by atoms with Crippen molar-refractivity contribution in [3.05, 3.63) is 46.8 Å². The van der Waals surface area contributed by atoms with Crippen molar-refractivity contribution in [2.24, 2.45) is 0 Å². The quantitative estimate of drug-likeness (QED) is 0.876. The Bertz CT molecular complexity index is 779. The van der Waals surface area contributed by atoms with Gasteiger partial charge >= 0.3 is 0 Å². The lowest BCUT2D eigenvalue weighted by molar-refractivity contribution is 0.0495. The van der Waals surface area contributed by atoms with Crippen LogP contribution in [0.5, 0.6) is 5.75 Å². The van der Waals surface area contributed by atoms with Gasteiger partial charge in [0.15, 0.2) is 5.69 Å². The van der Waals surface area contributed by atoms with Crippen LogP contribution in [0.3, 0.4) is 0 Å². The monoisotopic (exact) mass is 325 g/mol.